The molecule has 5 nitrogen and oxygen atoms in total. The Morgan fingerprint density at radius 2 is 1.77 bits per heavy atom. The van der Waals surface area contributed by atoms with Crippen LogP contribution in [0.1, 0.15) is 68.4 Å². The molecule has 1 fully saturated rings. The maximum Gasteiger partial charge on any atom is 0.337 e. The van der Waals surface area contributed by atoms with E-state index < -0.39 is 5.92 Å². The molecule has 2 aliphatic carbocycles. The predicted octanol–water partition coefficient (Wildman–Crippen LogP) is 6.20. The summed E-state index contributed by atoms with van der Waals surface area (Å²) in [7, 11) is 1.62. The molecule has 6 heteroatoms. The molecule has 0 amide bonds. The molecule has 2 aromatic carbocycles. The van der Waals surface area contributed by atoms with Crippen LogP contribution in [0, 0.1) is 0 Å². The molecule has 0 saturated heterocycles. The number of halogens is 1. The quantitative estimate of drug-likeness (QED) is 0.505. The zero-order valence-corrected chi connectivity index (χ0v) is 20.9. The van der Waals surface area contributed by atoms with Gasteiger partial charge in [0.05, 0.1) is 12.7 Å². The van der Waals surface area contributed by atoms with E-state index >= 15 is 0 Å². The Labute approximate surface area is 211 Å². The molecule has 5 rings (SSSR count). The predicted molar refractivity (Wildman–Crippen MR) is 135 cm³/mol. The number of rotatable bonds is 5. The molecular weight excluding hydrogens is 462 g/mol. The number of benzene rings is 2. The van der Waals surface area contributed by atoms with Gasteiger partial charge >= 0.3 is 5.97 Å². The van der Waals surface area contributed by atoms with E-state index in [1.165, 1.54) is 0 Å². The fraction of sp³-hybridized carbons (Fsp3) is 0.379. The monoisotopic (exact) mass is 491 g/mol. The smallest absolute Gasteiger partial charge is 0.337 e. The number of ketones is 1. The van der Waals surface area contributed by atoms with Crippen LogP contribution in [-0.4, -0.2) is 25.0 Å². The molecule has 1 N–H and O–H groups in total. The minimum absolute atomic E-state index is 0.0465. The summed E-state index contributed by atoms with van der Waals surface area (Å²) in [5.41, 5.74) is 4.74. The lowest BCUT2D eigenvalue weighted by Gasteiger charge is -2.37. The Bertz CT molecular complexity index is 1210. The first-order valence-electron chi connectivity index (χ1n) is 12.3. The van der Waals surface area contributed by atoms with E-state index in [9.17, 15) is 9.59 Å². The van der Waals surface area contributed by atoms with E-state index in [4.69, 9.17) is 21.1 Å². The van der Waals surface area contributed by atoms with Crippen LogP contribution in [0.3, 0.4) is 0 Å². The number of carbonyl (C=O) groups is 2. The molecule has 2 aromatic rings. The van der Waals surface area contributed by atoms with Crippen molar-refractivity contribution < 1.29 is 19.1 Å². The molecule has 0 bridgehead atoms. The number of esters is 1. The van der Waals surface area contributed by atoms with E-state index in [1.807, 2.05) is 55.5 Å². The minimum Gasteiger partial charge on any atom is -0.497 e. The van der Waals surface area contributed by atoms with E-state index in [1.54, 1.807) is 7.11 Å². The normalized spacial score (nSPS) is 22.7. The second kappa shape index (κ2) is 9.90. The second-order valence-corrected chi connectivity index (χ2v) is 10.1. The van der Waals surface area contributed by atoms with Crippen LogP contribution in [0.4, 0.5) is 0 Å². The van der Waals surface area contributed by atoms with Crippen LogP contribution in [0.15, 0.2) is 71.1 Å². The van der Waals surface area contributed by atoms with Crippen LogP contribution >= 0.6 is 11.6 Å². The summed E-state index contributed by atoms with van der Waals surface area (Å²) in [6, 6.07) is 15.3. The number of allylic oxidation sites excluding steroid dienone is 3. The van der Waals surface area contributed by atoms with Crippen molar-refractivity contribution in [3.05, 3.63) is 87.2 Å². The average molecular weight is 492 g/mol. The standard InChI is InChI=1S/C29H30ClNO4/c1-17-26(29(33)35-22-7-3-4-8-22)27(19-6-5-9-23(14-19)34-2)28-24(31-17)15-20(16-25(28)32)18-10-12-21(30)13-11-18/h5-6,9-14,20,22,27,31H,3-4,7-8,15-16H2,1-2H3/t20-,27-/m0/s1. The Kier molecular flexibility index (Phi) is 6.70. The maximum atomic E-state index is 13.7. The minimum atomic E-state index is -0.492. The van der Waals surface area contributed by atoms with E-state index in [2.05, 4.69) is 5.32 Å². The zero-order valence-electron chi connectivity index (χ0n) is 20.1. The van der Waals surface area contributed by atoms with Gasteiger partial charge in [-0.2, -0.15) is 0 Å². The highest BCUT2D eigenvalue weighted by Crippen LogP contribution is 2.46. The molecule has 2 atom stereocenters. The van der Waals surface area contributed by atoms with Crippen molar-refractivity contribution in [3.63, 3.8) is 0 Å². The molecule has 0 radical (unpaired) electrons. The van der Waals surface area contributed by atoms with Gasteiger partial charge in [0, 0.05) is 34.3 Å². The molecule has 0 aromatic heterocycles. The Morgan fingerprint density at radius 3 is 2.49 bits per heavy atom. The lowest BCUT2D eigenvalue weighted by molar-refractivity contribution is -0.144. The van der Waals surface area contributed by atoms with Crippen LogP contribution in [0.5, 0.6) is 5.75 Å². The van der Waals surface area contributed by atoms with Gasteiger partial charge in [-0.15, -0.1) is 0 Å². The number of carbonyl (C=O) groups excluding carboxylic acids is 2. The topological polar surface area (TPSA) is 64.6 Å². The fourth-order valence-corrected chi connectivity index (χ4v) is 5.78. The molecule has 1 heterocycles. The van der Waals surface area contributed by atoms with Crippen LogP contribution in [-0.2, 0) is 14.3 Å². The summed E-state index contributed by atoms with van der Waals surface area (Å²) in [4.78, 5) is 27.2. The second-order valence-electron chi connectivity index (χ2n) is 9.66. The number of ether oxygens (including phenoxy) is 2. The van der Waals surface area contributed by atoms with Crippen molar-refractivity contribution >= 4 is 23.4 Å². The third-order valence-electron chi connectivity index (χ3n) is 7.39. The molecule has 0 spiro atoms. The van der Waals surface area contributed by atoms with Gasteiger partial charge in [0.2, 0.25) is 0 Å². The Hall–Kier alpha value is -3.05. The molecule has 1 aliphatic heterocycles. The first-order chi connectivity index (χ1) is 16.9. The van der Waals surface area contributed by atoms with Crippen molar-refractivity contribution in [1.82, 2.24) is 5.32 Å². The van der Waals surface area contributed by atoms with E-state index in [0.29, 0.717) is 34.8 Å². The summed E-state index contributed by atoms with van der Waals surface area (Å²) in [6.07, 6.45) is 4.95. The van der Waals surface area contributed by atoms with Crippen molar-refractivity contribution in [2.45, 2.75) is 63.4 Å². The molecular formula is C29H30ClNO4. The number of dihydropyridines is 1. The van der Waals surface area contributed by atoms with Gasteiger partial charge in [0.15, 0.2) is 5.78 Å². The summed E-state index contributed by atoms with van der Waals surface area (Å²) in [5.74, 6) is -0.0450. The van der Waals surface area contributed by atoms with Crippen LogP contribution in [0.25, 0.3) is 0 Å². The molecule has 1 saturated carbocycles. The van der Waals surface area contributed by atoms with Gasteiger partial charge in [-0.05, 0) is 80.3 Å². The summed E-state index contributed by atoms with van der Waals surface area (Å²) < 4.78 is 11.4. The first-order valence-corrected chi connectivity index (χ1v) is 12.7. The number of hydrogen-bond donors (Lipinski definition) is 1. The molecule has 35 heavy (non-hydrogen) atoms. The Balaban J connectivity index is 1.55. The highest BCUT2D eigenvalue weighted by Gasteiger charge is 2.42. The number of Topliss-reactive ketones (excluding diaryl/α,β-unsaturated/α-hetero) is 1. The lowest BCUT2D eigenvalue weighted by Crippen LogP contribution is -2.36. The zero-order chi connectivity index (χ0) is 24.5. The van der Waals surface area contributed by atoms with Crippen molar-refractivity contribution in [3.8, 4) is 5.75 Å². The largest absolute Gasteiger partial charge is 0.497 e. The van der Waals surface area contributed by atoms with Gasteiger partial charge in [-0.25, -0.2) is 4.79 Å². The molecule has 3 aliphatic rings. The summed E-state index contributed by atoms with van der Waals surface area (Å²) in [6.45, 7) is 1.90. The van der Waals surface area contributed by atoms with E-state index in [0.717, 1.165) is 48.2 Å². The first kappa shape index (κ1) is 23.7. The average Bonchev–Trinajstić information content (AvgIpc) is 3.36. The third kappa shape index (κ3) is 4.74. The van der Waals surface area contributed by atoms with Gasteiger partial charge in [-0.3, -0.25) is 4.79 Å². The Morgan fingerprint density at radius 1 is 1.03 bits per heavy atom. The van der Waals surface area contributed by atoms with Crippen molar-refractivity contribution in [1.29, 1.82) is 0 Å². The van der Waals surface area contributed by atoms with Gasteiger partial charge < -0.3 is 14.8 Å². The maximum absolute atomic E-state index is 13.7. The summed E-state index contributed by atoms with van der Waals surface area (Å²) >= 11 is 6.08. The number of hydrogen-bond acceptors (Lipinski definition) is 5. The van der Waals surface area contributed by atoms with E-state index in [-0.39, 0.29) is 23.8 Å². The highest BCUT2D eigenvalue weighted by atomic mass is 35.5. The highest BCUT2D eigenvalue weighted by molar-refractivity contribution is 6.30. The molecule has 182 valence electrons. The summed E-state index contributed by atoms with van der Waals surface area (Å²) in [5, 5.41) is 4.10. The number of methoxy groups -OCH3 is 1. The molecule has 0 unspecified atom stereocenters. The van der Waals surface area contributed by atoms with Crippen LogP contribution in [0.2, 0.25) is 5.02 Å². The lowest BCUT2D eigenvalue weighted by atomic mass is 9.71. The van der Waals surface area contributed by atoms with Gasteiger partial charge in [0.25, 0.3) is 0 Å². The van der Waals surface area contributed by atoms with Crippen molar-refractivity contribution in [2.75, 3.05) is 7.11 Å². The number of nitrogens with one attached hydrogen (secondary N) is 1. The fourth-order valence-electron chi connectivity index (χ4n) is 5.66. The van der Waals surface area contributed by atoms with Gasteiger partial charge in [-0.1, -0.05) is 35.9 Å². The van der Waals surface area contributed by atoms with Crippen LogP contribution < -0.4 is 10.1 Å². The van der Waals surface area contributed by atoms with Gasteiger partial charge in [0.1, 0.15) is 11.9 Å². The SMILES string of the molecule is COc1cccc([C@H]2C(C(=O)OC3CCCC3)=C(C)NC3=C2C(=O)C[C@@H](c2ccc(Cl)cc2)C3)c1. The van der Waals surface area contributed by atoms with Crippen molar-refractivity contribution in [2.24, 2.45) is 0 Å². The third-order valence-corrected chi connectivity index (χ3v) is 7.64.